The minimum atomic E-state index is -0.0664. The lowest BCUT2D eigenvalue weighted by atomic mass is 9.91. The average molecular weight is 409 g/mol. The van der Waals surface area contributed by atoms with Crippen LogP contribution in [0.2, 0.25) is 0 Å². The fraction of sp³-hybridized carbons (Fsp3) is 0.536. The molecule has 0 heterocycles. The van der Waals surface area contributed by atoms with Crippen molar-refractivity contribution in [1.29, 1.82) is 0 Å². The molecule has 0 aliphatic heterocycles. The van der Waals surface area contributed by atoms with Crippen molar-refractivity contribution in [2.45, 2.75) is 92.6 Å². The van der Waals surface area contributed by atoms with Gasteiger partial charge in [-0.25, -0.2) is 0 Å². The van der Waals surface area contributed by atoms with Gasteiger partial charge >= 0.3 is 5.97 Å². The molecule has 2 nitrogen and oxygen atoms in total. The topological polar surface area (TPSA) is 26.3 Å². The Hall–Kier alpha value is -2.09. The predicted octanol–water partition coefficient (Wildman–Crippen LogP) is 7.57. The number of ether oxygens (including phenoxy) is 1. The van der Waals surface area contributed by atoms with Crippen LogP contribution < -0.4 is 0 Å². The van der Waals surface area contributed by atoms with E-state index in [4.69, 9.17) is 4.74 Å². The molecule has 0 aliphatic rings. The molecule has 0 aliphatic carbocycles. The lowest BCUT2D eigenvalue weighted by Crippen LogP contribution is -2.21. The van der Waals surface area contributed by atoms with Gasteiger partial charge in [0.1, 0.15) is 6.61 Å². The molecule has 30 heavy (non-hydrogen) atoms. The lowest BCUT2D eigenvalue weighted by Gasteiger charge is -2.18. The van der Waals surface area contributed by atoms with Crippen molar-refractivity contribution in [3.63, 3.8) is 0 Å². The molecule has 1 atom stereocenters. The summed E-state index contributed by atoms with van der Waals surface area (Å²) in [6.45, 7) is 11.0. The summed E-state index contributed by atoms with van der Waals surface area (Å²) in [4.78, 5) is 13.0. The summed E-state index contributed by atoms with van der Waals surface area (Å²) in [7, 11) is 0. The van der Waals surface area contributed by atoms with Gasteiger partial charge in [-0.05, 0) is 62.8 Å². The largest absolute Gasteiger partial charge is 0.461 e. The molecule has 2 aromatic carbocycles. The Kier molecular flexibility index (Phi) is 10.1. The van der Waals surface area contributed by atoms with Gasteiger partial charge in [-0.15, -0.1) is 0 Å². The first-order valence-electron chi connectivity index (χ1n) is 11.7. The molecule has 0 aromatic heterocycles. The third kappa shape index (κ3) is 7.97. The minimum Gasteiger partial charge on any atom is -0.461 e. The fourth-order valence-corrected chi connectivity index (χ4v) is 4.09. The number of esters is 1. The van der Waals surface area contributed by atoms with E-state index in [9.17, 15) is 4.79 Å². The summed E-state index contributed by atoms with van der Waals surface area (Å²) in [5.74, 6) is -0.119. The summed E-state index contributed by atoms with van der Waals surface area (Å²) in [5, 5.41) is 0. The van der Waals surface area contributed by atoms with Gasteiger partial charge in [-0.1, -0.05) is 93.0 Å². The second-order valence-electron chi connectivity index (χ2n) is 8.93. The quantitative estimate of drug-likeness (QED) is 0.267. The molecule has 1 unspecified atom stereocenters. The Balaban J connectivity index is 1.99. The second kappa shape index (κ2) is 12.6. The summed E-state index contributed by atoms with van der Waals surface area (Å²) < 4.78 is 5.80. The van der Waals surface area contributed by atoms with E-state index < -0.39 is 0 Å². The SMILES string of the molecule is CCCCCCCCC(Cc1ccc(C)cc1C)C(=O)OCc1ccc(C)cc1C. The van der Waals surface area contributed by atoms with Gasteiger partial charge in [-0.2, -0.15) is 0 Å². The van der Waals surface area contributed by atoms with Crippen LogP contribution in [0.4, 0.5) is 0 Å². The number of unbranched alkanes of at least 4 members (excludes halogenated alkanes) is 5. The van der Waals surface area contributed by atoms with E-state index in [1.165, 1.54) is 59.9 Å². The monoisotopic (exact) mass is 408 g/mol. The first kappa shape index (κ1) is 24.2. The molecular weight excluding hydrogens is 368 g/mol. The molecule has 0 radical (unpaired) electrons. The Labute approximate surface area is 184 Å². The van der Waals surface area contributed by atoms with E-state index in [0.717, 1.165) is 24.8 Å². The molecule has 2 aromatic rings. The maximum absolute atomic E-state index is 13.0. The Bertz CT molecular complexity index is 806. The Morgan fingerprint density at radius 1 is 0.800 bits per heavy atom. The number of carbonyl (C=O) groups is 1. The van der Waals surface area contributed by atoms with Crippen molar-refractivity contribution in [1.82, 2.24) is 0 Å². The molecule has 0 fully saturated rings. The van der Waals surface area contributed by atoms with Gasteiger partial charge in [0.25, 0.3) is 0 Å². The maximum Gasteiger partial charge on any atom is 0.309 e. The minimum absolute atomic E-state index is 0.0523. The van der Waals surface area contributed by atoms with E-state index in [1.54, 1.807) is 0 Å². The zero-order valence-electron chi connectivity index (χ0n) is 19.7. The zero-order chi connectivity index (χ0) is 21.9. The van der Waals surface area contributed by atoms with Gasteiger partial charge in [0.15, 0.2) is 0 Å². The fourth-order valence-electron chi connectivity index (χ4n) is 4.09. The number of rotatable bonds is 12. The van der Waals surface area contributed by atoms with Crippen molar-refractivity contribution in [2.24, 2.45) is 5.92 Å². The maximum atomic E-state index is 13.0. The third-order valence-electron chi connectivity index (χ3n) is 6.07. The molecule has 0 saturated heterocycles. The highest BCUT2D eigenvalue weighted by Crippen LogP contribution is 2.22. The van der Waals surface area contributed by atoms with Crippen LogP contribution in [0.1, 0.15) is 85.3 Å². The first-order valence-corrected chi connectivity index (χ1v) is 11.7. The summed E-state index contributed by atoms with van der Waals surface area (Å²) >= 11 is 0. The van der Waals surface area contributed by atoms with Crippen LogP contribution in [0.15, 0.2) is 36.4 Å². The molecule has 2 heteroatoms. The standard InChI is InChI=1S/C28H40O2/c1-6-7-8-9-10-11-12-26(19-25-15-13-21(2)17-23(25)4)28(29)30-20-27-16-14-22(3)18-24(27)5/h13-18,26H,6-12,19-20H2,1-5H3. The number of hydrogen-bond donors (Lipinski definition) is 0. The van der Waals surface area contributed by atoms with Crippen molar-refractivity contribution in [3.05, 3.63) is 69.8 Å². The van der Waals surface area contributed by atoms with E-state index >= 15 is 0 Å². The number of hydrogen-bond acceptors (Lipinski definition) is 2. The van der Waals surface area contributed by atoms with Gasteiger partial charge in [0.2, 0.25) is 0 Å². The predicted molar refractivity (Wildman–Crippen MR) is 127 cm³/mol. The number of aryl methyl sites for hydroxylation is 4. The van der Waals surface area contributed by atoms with E-state index in [2.05, 4.69) is 71.0 Å². The normalized spacial score (nSPS) is 12.0. The van der Waals surface area contributed by atoms with Gasteiger partial charge in [-0.3, -0.25) is 4.79 Å². The second-order valence-corrected chi connectivity index (χ2v) is 8.93. The lowest BCUT2D eigenvalue weighted by molar-refractivity contribution is -0.150. The summed E-state index contributed by atoms with van der Waals surface area (Å²) in [5.41, 5.74) is 7.31. The summed E-state index contributed by atoms with van der Waals surface area (Å²) in [6.07, 6.45) is 9.12. The molecule has 0 bridgehead atoms. The highest BCUT2D eigenvalue weighted by molar-refractivity contribution is 5.73. The molecule has 0 saturated carbocycles. The van der Waals surface area contributed by atoms with Crippen LogP contribution in [0.5, 0.6) is 0 Å². The van der Waals surface area contributed by atoms with Crippen LogP contribution in [-0.4, -0.2) is 5.97 Å². The van der Waals surface area contributed by atoms with Crippen LogP contribution in [0.25, 0.3) is 0 Å². The van der Waals surface area contributed by atoms with Gasteiger partial charge < -0.3 is 4.74 Å². The molecule has 164 valence electrons. The first-order chi connectivity index (χ1) is 14.4. The van der Waals surface area contributed by atoms with Crippen LogP contribution in [-0.2, 0) is 22.6 Å². The summed E-state index contributed by atoms with van der Waals surface area (Å²) in [6, 6.07) is 12.8. The van der Waals surface area contributed by atoms with E-state index in [-0.39, 0.29) is 11.9 Å². The highest BCUT2D eigenvalue weighted by Gasteiger charge is 2.21. The molecule has 0 spiro atoms. The third-order valence-corrected chi connectivity index (χ3v) is 6.07. The molecular formula is C28H40O2. The number of carbonyl (C=O) groups excluding carboxylic acids is 1. The van der Waals surface area contributed by atoms with Crippen molar-refractivity contribution in [2.75, 3.05) is 0 Å². The average Bonchev–Trinajstić information content (AvgIpc) is 2.70. The molecule has 2 rings (SSSR count). The van der Waals surface area contributed by atoms with E-state index in [1.807, 2.05) is 0 Å². The van der Waals surface area contributed by atoms with Gasteiger partial charge in [0, 0.05) is 0 Å². The van der Waals surface area contributed by atoms with Crippen LogP contribution in [0, 0.1) is 33.6 Å². The highest BCUT2D eigenvalue weighted by atomic mass is 16.5. The number of benzene rings is 2. The molecule has 0 N–H and O–H groups in total. The zero-order valence-corrected chi connectivity index (χ0v) is 19.7. The van der Waals surface area contributed by atoms with Crippen LogP contribution in [0.3, 0.4) is 0 Å². The van der Waals surface area contributed by atoms with Crippen molar-refractivity contribution >= 4 is 5.97 Å². The van der Waals surface area contributed by atoms with Crippen LogP contribution >= 0.6 is 0 Å². The van der Waals surface area contributed by atoms with Crippen molar-refractivity contribution < 1.29 is 9.53 Å². The smallest absolute Gasteiger partial charge is 0.309 e. The Morgan fingerprint density at radius 2 is 1.37 bits per heavy atom. The Morgan fingerprint density at radius 3 is 1.97 bits per heavy atom. The van der Waals surface area contributed by atoms with Gasteiger partial charge in [0.05, 0.1) is 5.92 Å². The van der Waals surface area contributed by atoms with E-state index in [0.29, 0.717) is 6.61 Å². The molecule has 0 amide bonds. The van der Waals surface area contributed by atoms with Crippen molar-refractivity contribution in [3.8, 4) is 0 Å².